The average Bonchev–Trinajstić information content (AvgIpc) is 2.72. The van der Waals surface area contributed by atoms with Gasteiger partial charge in [0.15, 0.2) is 0 Å². The van der Waals surface area contributed by atoms with Crippen molar-refractivity contribution in [2.75, 3.05) is 26.4 Å². The third-order valence-corrected chi connectivity index (χ3v) is 5.07. The van der Waals surface area contributed by atoms with E-state index in [1.54, 1.807) is 0 Å². The van der Waals surface area contributed by atoms with E-state index in [0.717, 1.165) is 12.8 Å². The van der Waals surface area contributed by atoms with Crippen molar-refractivity contribution in [2.45, 2.75) is 77.2 Å². The van der Waals surface area contributed by atoms with Crippen molar-refractivity contribution in [1.82, 2.24) is 0 Å². The highest BCUT2D eigenvalue weighted by Gasteiger charge is 2.22. The third kappa shape index (κ3) is 20.3. The lowest BCUT2D eigenvalue weighted by Crippen LogP contribution is -2.23. The summed E-state index contributed by atoms with van der Waals surface area (Å²) in [6.07, 6.45) is 17.6. The monoisotopic (exact) mass is 449 g/mol. The van der Waals surface area contributed by atoms with Gasteiger partial charge in [0, 0.05) is 13.0 Å². The van der Waals surface area contributed by atoms with E-state index >= 15 is 0 Å². The minimum atomic E-state index is -4.25. The van der Waals surface area contributed by atoms with E-state index in [1.807, 2.05) is 12.2 Å². The molecule has 0 bridgehead atoms. The molecule has 9 heteroatoms. The van der Waals surface area contributed by atoms with E-state index in [1.165, 1.54) is 38.5 Å². The molecule has 0 aliphatic heterocycles. The van der Waals surface area contributed by atoms with Crippen LogP contribution in [0.25, 0.3) is 0 Å². The lowest BCUT2D eigenvalue weighted by molar-refractivity contribution is -0.147. The van der Waals surface area contributed by atoms with Gasteiger partial charge in [0.25, 0.3) is 0 Å². The molecule has 176 valence electrons. The van der Waals surface area contributed by atoms with Crippen molar-refractivity contribution < 1.29 is 33.1 Å². The minimum absolute atomic E-state index is 0.0675. The Morgan fingerprint density at radius 3 is 2.37 bits per heavy atom. The van der Waals surface area contributed by atoms with Crippen molar-refractivity contribution >= 4 is 13.8 Å². The average molecular weight is 450 g/mol. The Balaban J connectivity index is 3.65. The number of aliphatic hydroxyl groups is 1. The maximum absolute atomic E-state index is 11.6. The van der Waals surface area contributed by atoms with Gasteiger partial charge in [0.2, 0.25) is 0 Å². The molecule has 8 nitrogen and oxygen atoms in total. The van der Waals surface area contributed by atoms with Gasteiger partial charge in [-0.25, -0.2) is 4.57 Å². The second-order valence-electron chi connectivity index (χ2n) is 7.00. The molecule has 2 atom stereocenters. The molecule has 2 unspecified atom stereocenters. The van der Waals surface area contributed by atoms with Gasteiger partial charge in [-0.05, 0) is 25.7 Å². The second-order valence-corrected chi connectivity index (χ2v) is 8.45. The highest BCUT2D eigenvalue weighted by atomic mass is 31.2. The SMILES string of the molecule is CCCCCCCC/C=C/C/C=C/CCC(=O)OCC(O)COP(=O)(O)OCCN. The Bertz CT molecular complexity index is 525. The fourth-order valence-corrected chi connectivity index (χ4v) is 3.22. The molecule has 0 heterocycles. The van der Waals surface area contributed by atoms with Gasteiger partial charge >= 0.3 is 13.8 Å². The summed E-state index contributed by atoms with van der Waals surface area (Å²) < 4.78 is 25.4. The lowest BCUT2D eigenvalue weighted by Gasteiger charge is -2.15. The van der Waals surface area contributed by atoms with Gasteiger partial charge in [-0.15, -0.1) is 0 Å². The summed E-state index contributed by atoms with van der Waals surface area (Å²) >= 11 is 0. The zero-order chi connectivity index (χ0) is 22.5. The van der Waals surface area contributed by atoms with Crippen LogP contribution in [0.5, 0.6) is 0 Å². The molecule has 0 aliphatic rings. The summed E-state index contributed by atoms with van der Waals surface area (Å²) in [6.45, 7) is 1.35. The number of phosphoric ester groups is 1. The second kappa shape index (κ2) is 19.9. The van der Waals surface area contributed by atoms with E-state index in [0.29, 0.717) is 6.42 Å². The van der Waals surface area contributed by atoms with Gasteiger partial charge in [-0.3, -0.25) is 13.8 Å². The molecule has 0 aromatic carbocycles. The predicted octanol–water partition coefficient (Wildman–Crippen LogP) is 4.02. The standard InChI is InChI=1S/C21H40NO7P/c1-2-3-4-5-6-7-8-9-10-11-12-13-14-15-21(24)27-18-20(23)19-29-30(25,26)28-17-16-22/h9-10,12-13,20,23H,2-8,11,14-19,22H2,1H3,(H,25,26)/b10-9+,13-12+. The van der Waals surface area contributed by atoms with Crippen LogP contribution in [0.15, 0.2) is 24.3 Å². The first kappa shape index (κ1) is 29.0. The van der Waals surface area contributed by atoms with E-state index in [2.05, 4.69) is 28.1 Å². The van der Waals surface area contributed by atoms with Crippen molar-refractivity contribution in [1.29, 1.82) is 0 Å². The summed E-state index contributed by atoms with van der Waals surface area (Å²) in [4.78, 5) is 20.9. The maximum Gasteiger partial charge on any atom is 0.472 e. The fourth-order valence-electron chi connectivity index (χ4n) is 2.45. The summed E-state index contributed by atoms with van der Waals surface area (Å²) in [7, 11) is -4.25. The lowest BCUT2D eigenvalue weighted by atomic mass is 10.1. The Labute approximate surface area is 181 Å². The van der Waals surface area contributed by atoms with Crippen molar-refractivity contribution in [3.05, 3.63) is 24.3 Å². The van der Waals surface area contributed by atoms with E-state index in [4.69, 9.17) is 10.5 Å². The number of unbranched alkanes of at least 4 members (excludes halogenated alkanes) is 6. The molecular weight excluding hydrogens is 409 g/mol. The van der Waals surface area contributed by atoms with E-state index in [9.17, 15) is 19.4 Å². The number of ether oxygens (including phenoxy) is 1. The fraction of sp³-hybridized carbons (Fsp3) is 0.762. The molecular formula is C21H40NO7P. The number of carbonyl (C=O) groups is 1. The predicted molar refractivity (Wildman–Crippen MR) is 118 cm³/mol. The summed E-state index contributed by atoms with van der Waals surface area (Å²) in [5.41, 5.74) is 5.15. The molecule has 0 saturated carbocycles. The van der Waals surface area contributed by atoms with Gasteiger partial charge in [-0.1, -0.05) is 63.3 Å². The largest absolute Gasteiger partial charge is 0.472 e. The van der Waals surface area contributed by atoms with Crippen LogP contribution in [0.1, 0.15) is 71.1 Å². The number of esters is 1. The minimum Gasteiger partial charge on any atom is -0.463 e. The number of nitrogens with two attached hydrogens (primary N) is 1. The van der Waals surface area contributed by atoms with E-state index in [-0.39, 0.29) is 26.2 Å². The van der Waals surface area contributed by atoms with Crippen LogP contribution in [-0.2, 0) is 23.1 Å². The highest BCUT2D eigenvalue weighted by molar-refractivity contribution is 7.47. The number of allylic oxidation sites excluding steroid dienone is 4. The Morgan fingerprint density at radius 2 is 1.67 bits per heavy atom. The molecule has 30 heavy (non-hydrogen) atoms. The number of rotatable bonds is 20. The van der Waals surface area contributed by atoms with Crippen LogP contribution in [0.3, 0.4) is 0 Å². The normalized spacial score (nSPS) is 14.9. The number of carbonyl (C=O) groups excluding carboxylic acids is 1. The van der Waals surface area contributed by atoms with E-state index < -0.39 is 26.5 Å². The first-order valence-corrected chi connectivity index (χ1v) is 12.4. The van der Waals surface area contributed by atoms with Gasteiger partial charge < -0.3 is 20.5 Å². The van der Waals surface area contributed by atoms with Crippen LogP contribution < -0.4 is 5.73 Å². The topological polar surface area (TPSA) is 128 Å². The maximum atomic E-state index is 11.6. The molecule has 0 saturated heterocycles. The number of phosphoric acid groups is 1. The summed E-state index contributed by atoms with van der Waals surface area (Å²) in [5.74, 6) is -0.455. The van der Waals surface area contributed by atoms with Crippen molar-refractivity contribution in [2.24, 2.45) is 5.73 Å². The molecule has 0 aromatic rings. The molecule has 0 spiro atoms. The molecule has 0 radical (unpaired) electrons. The third-order valence-electron chi connectivity index (χ3n) is 4.08. The van der Waals surface area contributed by atoms with Gasteiger partial charge in [-0.2, -0.15) is 0 Å². The molecule has 0 fully saturated rings. The summed E-state index contributed by atoms with van der Waals surface area (Å²) in [5, 5.41) is 9.63. The summed E-state index contributed by atoms with van der Waals surface area (Å²) in [6, 6.07) is 0. The van der Waals surface area contributed by atoms with Crippen LogP contribution in [0.4, 0.5) is 0 Å². The quantitative estimate of drug-likeness (QED) is 0.110. The zero-order valence-corrected chi connectivity index (χ0v) is 19.1. The molecule has 0 rings (SSSR count). The van der Waals surface area contributed by atoms with Gasteiger partial charge in [0.1, 0.15) is 12.7 Å². The smallest absolute Gasteiger partial charge is 0.463 e. The molecule has 0 aromatic heterocycles. The zero-order valence-electron chi connectivity index (χ0n) is 18.2. The van der Waals surface area contributed by atoms with Crippen molar-refractivity contribution in [3.8, 4) is 0 Å². The van der Waals surface area contributed by atoms with Crippen molar-refractivity contribution in [3.63, 3.8) is 0 Å². The molecule has 4 N–H and O–H groups in total. The Hall–Kier alpha value is -1.02. The number of hydrogen-bond donors (Lipinski definition) is 3. The van der Waals surface area contributed by atoms with Crippen LogP contribution in [-0.4, -0.2) is 48.4 Å². The Morgan fingerprint density at radius 1 is 1.00 bits per heavy atom. The molecule has 0 aliphatic carbocycles. The van der Waals surface area contributed by atoms with Gasteiger partial charge in [0.05, 0.1) is 13.2 Å². The molecule has 0 amide bonds. The number of aliphatic hydroxyl groups excluding tert-OH is 1. The highest BCUT2D eigenvalue weighted by Crippen LogP contribution is 2.42. The first-order chi connectivity index (χ1) is 14.4. The van der Waals surface area contributed by atoms with Crippen LogP contribution in [0.2, 0.25) is 0 Å². The Kier molecular flexibility index (Phi) is 19.2. The number of hydrogen-bond acceptors (Lipinski definition) is 7. The van der Waals surface area contributed by atoms with Crippen LogP contribution >= 0.6 is 7.82 Å². The van der Waals surface area contributed by atoms with Crippen LogP contribution in [0, 0.1) is 0 Å². The first-order valence-electron chi connectivity index (χ1n) is 10.9.